The standard InChI is InChI=1S/C19H20ClN2O3P/c1-4-24-26(23,14-10-6-5-7-11-14)18-19(22(2)3)25-17(21-18)15-12-8-9-13-16(15)20/h5-13H,4H2,1-3H3/t26-/m1/s1. The van der Waals surface area contributed by atoms with E-state index in [2.05, 4.69) is 4.98 Å². The third kappa shape index (κ3) is 3.43. The van der Waals surface area contributed by atoms with Crippen LogP contribution < -0.4 is 15.6 Å². The molecular formula is C19H20ClN2O3P. The first-order valence-electron chi connectivity index (χ1n) is 8.21. The van der Waals surface area contributed by atoms with Crippen molar-refractivity contribution in [1.29, 1.82) is 0 Å². The Kier molecular flexibility index (Phi) is 5.52. The van der Waals surface area contributed by atoms with Gasteiger partial charge in [-0.25, -0.2) is 4.98 Å². The molecule has 26 heavy (non-hydrogen) atoms. The van der Waals surface area contributed by atoms with Gasteiger partial charge in [-0.15, -0.1) is 0 Å². The zero-order valence-electron chi connectivity index (χ0n) is 14.8. The maximum absolute atomic E-state index is 13.9. The Morgan fingerprint density at radius 1 is 1.12 bits per heavy atom. The van der Waals surface area contributed by atoms with E-state index < -0.39 is 7.37 Å². The highest BCUT2D eigenvalue weighted by Gasteiger charge is 2.37. The molecule has 1 aromatic heterocycles. The molecule has 0 saturated carbocycles. The maximum Gasteiger partial charge on any atom is 0.284 e. The van der Waals surface area contributed by atoms with Crippen molar-refractivity contribution in [3.8, 4) is 11.5 Å². The average Bonchev–Trinajstić information content (AvgIpc) is 3.09. The number of rotatable bonds is 6. The summed E-state index contributed by atoms with van der Waals surface area (Å²) in [5.41, 5.74) is 0.921. The summed E-state index contributed by atoms with van der Waals surface area (Å²) < 4.78 is 25.5. The van der Waals surface area contributed by atoms with Gasteiger partial charge in [-0.3, -0.25) is 4.57 Å². The van der Waals surface area contributed by atoms with E-state index in [9.17, 15) is 4.57 Å². The van der Waals surface area contributed by atoms with Gasteiger partial charge in [0.25, 0.3) is 7.37 Å². The summed E-state index contributed by atoms with van der Waals surface area (Å²) in [6.45, 7) is 2.09. The van der Waals surface area contributed by atoms with Crippen LogP contribution in [0.2, 0.25) is 5.02 Å². The van der Waals surface area contributed by atoms with Crippen molar-refractivity contribution in [2.24, 2.45) is 0 Å². The summed E-state index contributed by atoms with van der Waals surface area (Å²) in [5.74, 6) is 0.700. The Balaban J connectivity index is 2.22. The number of hydrogen-bond donors (Lipinski definition) is 0. The zero-order valence-corrected chi connectivity index (χ0v) is 16.5. The fourth-order valence-electron chi connectivity index (χ4n) is 2.60. The lowest BCUT2D eigenvalue weighted by Crippen LogP contribution is -2.24. The van der Waals surface area contributed by atoms with Gasteiger partial charge in [-0.2, -0.15) is 0 Å². The summed E-state index contributed by atoms with van der Waals surface area (Å²) in [6.07, 6.45) is 0. The molecule has 0 N–H and O–H groups in total. The van der Waals surface area contributed by atoms with Crippen molar-refractivity contribution in [1.82, 2.24) is 4.98 Å². The Hall–Kier alpha value is -2.07. The number of anilines is 1. The van der Waals surface area contributed by atoms with Crippen LogP contribution in [0, 0.1) is 0 Å². The molecule has 5 nitrogen and oxygen atoms in total. The van der Waals surface area contributed by atoms with Crippen LogP contribution in [0.4, 0.5) is 5.88 Å². The molecular weight excluding hydrogens is 371 g/mol. The molecule has 0 aliphatic rings. The van der Waals surface area contributed by atoms with Gasteiger partial charge in [0.05, 0.1) is 17.2 Å². The van der Waals surface area contributed by atoms with Crippen LogP contribution in [0.25, 0.3) is 11.5 Å². The van der Waals surface area contributed by atoms with Crippen molar-refractivity contribution >= 4 is 35.6 Å². The van der Waals surface area contributed by atoms with Gasteiger partial charge >= 0.3 is 0 Å². The number of oxazole rings is 1. The molecule has 0 bridgehead atoms. The first-order valence-corrected chi connectivity index (χ1v) is 10.2. The Morgan fingerprint density at radius 2 is 1.77 bits per heavy atom. The summed E-state index contributed by atoms with van der Waals surface area (Å²) in [5, 5.41) is 1.08. The summed E-state index contributed by atoms with van der Waals surface area (Å²) in [6, 6.07) is 16.3. The van der Waals surface area contributed by atoms with Gasteiger partial charge in [-0.1, -0.05) is 41.9 Å². The second-order valence-corrected chi connectivity index (χ2v) is 8.54. The highest BCUT2D eigenvalue weighted by molar-refractivity contribution is 7.74. The fraction of sp³-hybridized carbons (Fsp3) is 0.211. The first-order chi connectivity index (χ1) is 12.5. The predicted octanol–water partition coefficient (Wildman–Crippen LogP) is 4.33. The third-order valence-electron chi connectivity index (χ3n) is 3.79. The maximum atomic E-state index is 13.9. The van der Waals surface area contributed by atoms with E-state index in [1.165, 1.54) is 0 Å². The number of hydrogen-bond acceptors (Lipinski definition) is 5. The molecule has 0 saturated heterocycles. The number of benzene rings is 2. The van der Waals surface area contributed by atoms with Crippen molar-refractivity contribution in [3.05, 3.63) is 59.6 Å². The first kappa shape index (κ1) is 18.7. The molecule has 136 valence electrons. The van der Waals surface area contributed by atoms with Crippen molar-refractivity contribution < 1.29 is 13.5 Å². The van der Waals surface area contributed by atoms with Crippen LogP contribution in [0.1, 0.15) is 6.92 Å². The Bertz CT molecular complexity index is 941. The van der Waals surface area contributed by atoms with E-state index in [4.69, 9.17) is 20.5 Å². The SMILES string of the molecule is CCO[P@](=O)(c1ccccc1)c1nc(-c2ccccc2Cl)oc1N(C)C. The Labute approximate surface area is 158 Å². The second kappa shape index (κ2) is 7.67. The monoisotopic (exact) mass is 390 g/mol. The van der Waals surface area contributed by atoms with Crippen LogP contribution in [-0.2, 0) is 9.09 Å². The third-order valence-corrected chi connectivity index (χ3v) is 6.57. The van der Waals surface area contributed by atoms with Gasteiger partial charge in [0.15, 0.2) is 5.44 Å². The molecule has 1 atom stereocenters. The topological polar surface area (TPSA) is 55.6 Å². The minimum atomic E-state index is -3.42. The molecule has 0 radical (unpaired) electrons. The zero-order chi connectivity index (χ0) is 18.7. The molecule has 1 heterocycles. The van der Waals surface area contributed by atoms with Gasteiger partial charge in [0.1, 0.15) is 0 Å². The number of aromatic nitrogens is 1. The van der Waals surface area contributed by atoms with E-state index in [0.29, 0.717) is 27.7 Å². The van der Waals surface area contributed by atoms with Crippen LogP contribution in [0.15, 0.2) is 59.0 Å². The molecule has 0 aliphatic carbocycles. The normalized spacial score (nSPS) is 13.4. The van der Waals surface area contributed by atoms with Gasteiger partial charge in [0.2, 0.25) is 11.8 Å². The summed E-state index contributed by atoms with van der Waals surface area (Å²) in [7, 11) is 0.195. The van der Waals surface area contributed by atoms with E-state index >= 15 is 0 Å². The van der Waals surface area contributed by atoms with Crippen LogP contribution in [-0.4, -0.2) is 25.7 Å². The highest BCUT2D eigenvalue weighted by Crippen LogP contribution is 2.47. The van der Waals surface area contributed by atoms with Crippen LogP contribution in [0.5, 0.6) is 0 Å². The fourth-order valence-corrected chi connectivity index (χ4v) is 4.98. The predicted molar refractivity (Wildman–Crippen MR) is 106 cm³/mol. The molecule has 7 heteroatoms. The van der Waals surface area contributed by atoms with E-state index in [1.807, 2.05) is 50.5 Å². The molecule has 3 aromatic rings. The van der Waals surface area contributed by atoms with Crippen molar-refractivity contribution in [3.63, 3.8) is 0 Å². The summed E-state index contributed by atoms with van der Waals surface area (Å²) in [4.78, 5) is 6.28. The van der Waals surface area contributed by atoms with E-state index in [-0.39, 0.29) is 12.0 Å². The second-order valence-electron chi connectivity index (χ2n) is 5.83. The van der Waals surface area contributed by atoms with E-state index in [1.54, 1.807) is 30.0 Å². The van der Waals surface area contributed by atoms with Gasteiger partial charge in [0, 0.05) is 19.4 Å². The lowest BCUT2D eigenvalue weighted by Gasteiger charge is -2.18. The minimum Gasteiger partial charge on any atom is -0.420 e. The molecule has 0 spiro atoms. The highest BCUT2D eigenvalue weighted by atomic mass is 35.5. The largest absolute Gasteiger partial charge is 0.420 e. The number of nitrogens with zero attached hydrogens (tertiary/aromatic N) is 2. The number of halogens is 1. The average molecular weight is 391 g/mol. The lowest BCUT2D eigenvalue weighted by molar-refractivity contribution is 0.347. The van der Waals surface area contributed by atoms with Crippen LogP contribution >= 0.6 is 19.0 Å². The minimum absolute atomic E-state index is 0.283. The molecule has 0 aliphatic heterocycles. The van der Waals surface area contributed by atoms with E-state index in [0.717, 1.165) is 0 Å². The Morgan fingerprint density at radius 3 is 2.38 bits per heavy atom. The smallest absolute Gasteiger partial charge is 0.284 e. The lowest BCUT2D eigenvalue weighted by atomic mass is 10.2. The molecule has 0 amide bonds. The summed E-state index contributed by atoms with van der Waals surface area (Å²) >= 11 is 6.28. The van der Waals surface area contributed by atoms with Gasteiger partial charge in [-0.05, 0) is 31.2 Å². The molecule has 3 rings (SSSR count). The van der Waals surface area contributed by atoms with Crippen molar-refractivity contribution in [2.75, 3.05) is 25.6 Å². The molecule has 0 unspecified atom stereocenters. The molecule has 0 fully saturated rings. The van der Waals surface area contributed by atoms with Crippen LogP contribution in [0.3, 0.4) is 0 Å². The quantitative estimate of drug-likeness (QED) is 0.586. The molecule has 2 aromatic carbocycles. The van der Waals surface area contributed by atoms with Gasteiger partial charge < -0.3 is 13.8 Å². The van der Waals surface area contributed by atoms with Crippen molar-refractivity contribution in [2.45, 2.75) is 6.92 Å².